The molecule has 0 aliphatic rings. The maximum atomic E-state index is 5.93. The lowest BCUT2D eigenvalue weighted by molar-refractivity contribution is 0.970. The monoisotopic (exact) mass is 326 g/mol. The van der Waals surface area contributed by atoms with E-state index >= 15 is 0 Å². The summed E-state index contributed by atoms with van der Waals surface area (Å²) in [7, 11) is 0. The first-order valence-corrected chi connectivity index (χ1v) is 7.95. The van der Waals surface area contributed by atoms with Gasteiger partial charge >= 0.3 is 0 Å². The first-order valence-electron chi connectivity index (χ1n) is 6.76. The van der Waals surface area contributed by atoms with Gasteiger partial charge in [-0.3, -0.25) is 0 Å². The fraction of sp³-hybridized carbons (Fsp3) is 0.0625. The molecule has 6 heteroatoms. The quantitative estimate of drug-likeness (QED) is 0.545. The molecule has 0 N–H and O–H groups in total. The van der Waals surface area contributed by atoms with Crippen molar-refractivity contribution < 1.29 is 0 Å². The number of halogens is 1. The number of rotatable bonds is 2. The SMILES string of the molecule is Cc1ccc(-c2nnc3sc(-c4ccc(Cl)cc4)nn23)cc1. The third-order valence-corrected chi connectivity index (χ3v) is 4.59. The Labute approximate surface area is 136 Å². The highest BCUT2D eigenvalue weighted by Gasteiger charge is 2.14. The molecule has 4 aromatic rings. The Bertz CT molecular complexity index is 939. The van der Waals surface area contributed by atoms with Gasteiger partial charge in [0, 0.05) is 16.1 Å². The van der Waals surface area contributed by atoms with E-state index in [1.807, 2.05) is 36.4 Å². The van der Waals surface area contributed by atoms with Crippen LogP contribution in [0.15, 0.2) is 48.5 Å². The summed E-state index contributed by atoms with van der Waals surface area (Å²) < 4.78 is 1.79. The molecule has 22 heavy (non-hydrogen) atoms. The summed E-state index contributed by atoms with van der Waals surface area (Å²) in [5, 5.41) is 14.7. The van der Waals surface area contributed by atoms with Crippen molar-refractivity contribution >= 4 is 27.9 Å². The van der Waals surface area contributed by atoms with Gasteiger partial charge in [0.2, 0.25) is 4.96 Å². The van der Waals surface area contributed by atoms with E-state index in [9.17, 15) is 0 Å². The maximum absolute atomic E-state index is 5.93. The van der Waals surface area contributed by atoms with Crippen LogP contribution in [0.2, 0.25) is 5.02 Å². The second-order valence-electron chi connectivity index (χ2n) is 5.00. The van der Waals surface area contributed by atoms with Crippen molar-refractivity contribution in [1.29, 1.82) is 0 Å². The minimum Gasteiger partial charge on any atom is -0.182 e. The van der Waals surface area contributed by atoms with Crippen LogP contribution in [-0.4, -0.2) is 19.8 Å². The van der Waals surface area contributed by atoms with Crippen LogP contribution in [0.1, 0.15) is 5.56 Å². The molecule has 2 aromatic carbocycles. The summed E-state index contributed by atoms with van der Waals surface area (Å²) in [4.78, 5) is 0.778. The van der Waals surface area contributed by atoms with Crippen molar-refractivity contribution in [3.63, 3.8) is 0 Å². The smallest absolute Gasteiger partial charge is 0.182 e. The van der Waals surface area contributed by atoms with E-state index in [0.717, 1.165) is 26.9 Å². The summed E-state index contributed by atoms with van der Waals surface area (Å²) >= 11 is 7.44. The van der Waals surface area contributed by atoms with Crippen molar-refractivity contribution in [3.8, 4) is 22.0 Å². The Morgan fingerprint density at radius 2 is 1.59 bits per heavy atom. The van der Waals surface area contributed by atoms with Crippen molar-refractivity contribution in [1.82, 2.24) is 19.8 Å². The lowest BCUT2D eigenvalue weighted by atomic mass is 10.1. The van der Waals surface area contributed by atoms with Gasteiger partial charge in [-0.1, -0.05) is 64.9 Å². The van der Waals surface area contributed by atoms with Gasteiger partial charge in [0.25, 0.3) is 0 Å². The van der Waals surface area contributed by atoms with Crippen LogP contribution in [-0.2, 0) is 0 Å². The van der Waals surface area contributed by atoms with Crippen LogP contribution in [0.4, 0.5) is 0 Å². The molecule has 0 bridgehead atoms. The molecule has 0 saturated carbocycles. The molecule has 0 saturated heterocycles. The minimum atomic E-state index is 0.715. The Balaban J connectivity index is 1.82. The number of hydrogen-bond donors (Lipinski definition) is 0. The predicted octanol–water partition coefficient (Wildman–Crippen LogP) is 4.48. The molecule has 0 aliphatic carbocycles. The van der Waals surface area contributed by atoms with Crippen LogP contribution in [0.5, 0.6) is 0 Å². The topological polar surface area (TPSA) is 43.1 Å². The normalized spacial score (nSPS) is 11.2. The fourth-order valence-corrected chi connectivity index (χ4v) is 3.18. The highest BCUT2D eigenvalue weighted by Crippen LogP contribution is 2.28. The maximum Gasteiger partial charge on any atom is 0.235 e. The van der Waals surface area contributed by atoms with Crippen molar-refractivity contribution in [2.24, 2.45) is 0 Å². The Hall–Kier alpha value is -2.24. The fourth-order valence-electron chi connectivity index (χ4n) is 2.21. The lowest BCUT2D eigenvalue weighted by Gasteiger charge is -1.98. The molecule has 0 radical (unpaired) electrons. The molecule has 0 unspecified atom stereocenters. The molecule has 108 valence electrons. The summed E-state index contributed by atoms with van der Waals surface area (Å²) in [6.45, 7) is 2.06. The highest BCUT2D eigenvalue weighted by atomic mass is 35.5. The van der Waals surface area contributed by atoms with E-state index < -0.39 is 0 Å². The van der Waals surface area contributed by atoms with Gasteiger partial charge in [0.05, 0.1) is 0 Å². The average molecular weight is 327 g/mol. The van der Waals surface area contributed by atoms with Gasteiger partial charge < -0.3 is 0 Å². The molecule has 0 aliphatic heterocycles. The van der Waals surface area contributed by atoms with Crippen LogP contribution in [0.25, 0.3) is 26.9 Å². The number of nitrogens with zero attached hydrogens (tertiary/aromatic N) is 4. The zero-order valence-corrected chi connectivity index (χ0v) is 13.3. The van der Waals surface area contributed by atoms with Gasteiger partial charge in [0.15, 0.2) is 5.82 Å². The summed E-state index contributed by atoms with van der Waals surface area (Å²) in [5.74, 6) is 0.756. The number of aryl methyl sites for hydroxylation is 1. The number of aromatic nitrogens is 4. The second kappa shape index (κ2) is 5.19. The van der Waals surface area contributed by atoms with Crippen LogP contribution in [0, 0.1) is 6.92 Å². The Morgan fingerprint density at radius 3 is 2.32 bits per heavy atom. The molecule has 2 aromatic heterocycles. The molecular formula is C16H11ClN4S. The molecule has 0 amide bonds. The van der Waals surface area contributed by atoms with Gasteiger partial charge in [-0.25, -0.2) is 0 Å². The largest absolute Gasteiger partial charge is 0.235 e. The molecule has 2 heterocycles. The number of fused-ring (bicyclic) bond motifs is 1. The number of hydrogen-bond acceptors (Lipinski definition) is 4. The molecular weight excluding hydrogens is 316 g/mol. The summed E-state index contributed by atoms with van der Waals surface area (Å²) in [6.07, 6.45) is 0. The molecule has 0 fully saturated rings. The highest BCUT2D eigenvalue weighted by molar-refractivity contribution is 7.19. The zero-order chi connectivity index (χ0) is 15.1. The van der Waals surface area contributed by atoms with Gasteiger partial charge in [0.1, 0.15) is 5.01 Å². The van der Waals surface area contributed by atoms with Crippen LogP contribution in [0.3, 0.4) is 0 Å². The van der Waals surface area contributed by atoms with Crippen molar-refractivity contribution in [2.45, 2.75) is 6.92 Å². The van der Waals surface area contributed by atoms with Gasteiger partial charge in [-0.15, -0.1) is 10.2 Å². The van der Waals surface area contributed by atoms with E-state index in [1.54, 1.807) is 4.52 Å². The Morgan fingerprint density at radius 1 is 0.909 bits per heavy atom. The molecule has 0 spiro atoms. The van der Waals surface area contributed by atoms with Gasteiger partial charge in [-0.05, 0) is 19.1 Å². The minimum absolute atomic E-state index is 0.715. The summed E-state index contributed by atoms with van der Waals surface area (Å²) in [5.41, 5.74) is 3.24. The van der Waals surface area contributed by atoms with Crippen molar-refractivity contribution in [2.75, 3.05) is 0 Å². The molecule has 0 atom stereocenters. The first kappa shape index (κ1) is 13.4. The molecule has 4 nitrogen and oxygen atoms in total. The molecule has 4 rings (SSSR count). The third-order valence-electron chi connectivity index (χ3n) is 3.39. The van der Waals surface area contributed by atoms with E-state index in [4.69, 9.17) is 11.6 Å². The Kier molecular flexibility index (Phi) is 3.17. The van der Waals surface area contributed by atoms with E-state index in [2.05, 4.69) is 34.4 Å². The van der Waals surface area contributed by atoms with E-state index in [1.165, 1.54) is 16.9 Å². The summed E-state index contributed by atoms with van der Waals surface area (Å²) in [6, 6.07) is 15.8. The predicted molar refractivity (Wildman–Crippen MR) is 89.3 cm³/mol. The standard InChI is InChI=1S/C16H11ClN4S/c1-10-2-4-11(5-3-10)14-18-19-16-21(14)20-15(22-16)12-6-8-13(17)9-7-12/h2-9H,1H3. The average Bonchev–Trinajstić information content (AvgIpc) is 3.09. The van der Waals surface area contributed by atoms with Crippen molar-refractivity contribution in [3.05, 3.63) is 59.1 Å². The number of benzene rings is 2. The third kappa shape index (κ3) is 2.28. The van der Waals surface area contributed by atoms with Crippen LogP contribution >= 0.6 is 22.9 Å². The van der Waals surface area contributed by atoms with E-state index in [-0.39, 0.29) is 0 Å². The second-order valence-corrected chi connectivity index (χ2v) is 6.39. The first-order chi connectivity index (χ1) is 10.7. The zero-order valence-electron chi connectivity index (χ0n) is 11.7. The van der Waals surface area contributed by atoms with E-state index in [0.29, 0.717) is 5.02 Å². The van der Waals surface area contributed by atoms with Gasteiger partial charge in [-0.2, -0.15) is 9.61 Å². The van der Waals surface area contributed by atoms with Crippen LogP contribution < -0.4 is 0 Å². The lowest BCUT2D eigenvalue weighted by Crippen LogP contribution is -1.91.